The van der Waals surface area contributed by atoms with Gasteiger partial charge in [0, 0.05) is 17.3 Å². The Hall–Kier alpha value is -1.55. The van der Waals surface area contributed by atoms with E-state index in [1.165, 1.54) is 0 Å². The fourth-order valence-corrected chi connectivity index (χ4v) is 2.02. The summed E-state index contributed by atoms with van der Waals surface area (Å²) in [6, 6.07) is 6.01. The smallest absolute Gasteiger partial charge is 0.311 e. The van der Waals surface area contributed by atoms with Gasteiger partial charge in [0.05, 0.1) is 12.0 Å². The van der Waals surface area contributed by atoms with E-state index in [9.17, 15) is 4.79 Å². The van der Waals surface area contributed by atoms with Crippen LogP contribution in [-0.4, -0.2) is 12.5 Å². The Morgan fingerprint density at radius 3 is 2.74 bits per heavy atom. The highest BCUT2D eigenvalue weighted by atomic mass is 16.5. The van der Waals surface area contributed by atoms with E-state index in [1.54, 1.807) is 0 Å². The van der Waals surface area contributed by atoms with Gasteiger partial charge in [-0.3, -0.25) is 4.79 Å². The highest BCUT2D eigenvalue weighted by Gasteiger charge is 2.31. The van der Waals surface area contributed by atoms with Crippen molar-refractivity contribution in [3.63, 3.8) is 0 Å². The van der Waals surface area contributed by atoms with Gasteiger partial charge in [0.15, 0.2) is 0 Å². The molecule has 0 aromatic heterocycles. The van der Waals surface area contributed by atoms with Gasteiger partial charge >= 0.3 is 5.97 Å². The third-order valence-corrected chi connectivity index (χ3v) is 3.29. The Labute approximate surface area is 114 Å². The summed E-state index contributed by atoms with van der Waals surface area (Å²) in [6.45, 7) is 8.14. The van der Waals surface area contributed by atoms with Crippen LogP contribution in [0.1, 0.15) is 51.0 Å². The molecular weight excluding hydrogens is 240 g/mol. The molecule has 0 amide bonds. The van der Waals surface area contributed by atoms with Crippen molar-refractivity contribution in [1.29, 1.82) is 0 Å². The van der Waals surface area contributed by atoms with Crippen LogP contribution in [0.4, 0.5) is 5.69 Å². The van der Waals surface area contributed by atoms with Crippen molar-refractivity contribution in [2.75, 3.05) is 11.9 Å². The molecule has 2 atom stereocenters. The number of hydrogen-bond donors (Lipinski definition) is 2. The third-order valence-electron chi connectivity index (χ3n) is 3.29. The van der Waals surface area contributed by atoms with Crippen molar-refractivity contribution in [3.8, 4) is 0 Å². The fourth-order valence-electron chi connectivity index (χ4n) is 2.02. The highest BCUT2D eigenvalue weighted by molar-refractivity contribution is 5.76. The van der Waals surface area contributed by atoms with Gasteiger partial charge in [-0.05, 0) is 45.4 Å². The minimum absolute atomic E-state index is 0.0233. The van der Waals surface area contributed by atoms with Gasteiger partial charge in [0.25, 0.3) is 0 Å². The van der Waals surface area contributed by atoms with Crippen molar-refractivity contribution >= 4 is 11.7 Å². The van der Waals surface area contributed by atoms with E-state index in [2.05, 4.69) is 5.32 Å². The normalized spacial score (nSPS) is 19.5. The third kappa shape index (κ3) is 2.89. The van der Waals surface area contributed by atoms with Crippen molar-refractivity contribution in [3.05, 3.63) is 29.3 Å². The molecule has 19 heavy (non-hydrogen) atoms. The Morgan fingerprint density at radius 2 is 2.16 bits per heavy atom. The summed E-state index contributed by atoms with van der Waals surface area (Å²) >= 11 is 0. The predicted molar refractivity (Wildman–Crippen MR) is 75.8 cm³/mol. The van der Waals surface area contributed by atoms with Crippen LogP contribution in [0.25, 0.3) is 0 Å². The molecule has 0 aliphatic carbocycles. The SMILES string of the molecule is CC(N)c1ccc2c(c1)C(OC(=O)C(C)(C)C)CN2. The number of nitrogens with two attached hydrogens (primary N) is 1. The maximum atomic E-state index is 12.0. The molecule has 104 valence electrons. The zero-order chi connectivity index (χ0) is 14.2. The van der Waals surface area contributed by atoms with Crippen LogP contribution in [0.3, 0.4) is 0 Å². The van der Waals surface area contributed by atoms with Crippen LogP contribution >= 0.6 is 0 Å². The topological polar surface area (TPSA) is 64.3 Å². The van der Waals surface area contributed by atoms with Gasteiger partial charge < -0.3 is 15.8 Å². The van der Waals surface area contributed by atoms with E-state index in [1.807, 2.05) is 45.9 Å². The van der Waals surface area contributed by atoms with Crippen molar-refractivity contribution < 1.29 is 9.53 Å². The van der Waals surface area contributed by atoms with Gasteiger partial charge in [-0.15, -0.1) is 0 Å². The molecule has 4 nitrogen and oxygen atoms in total. The highest BCUT2D eigenvalue weighted by Crippen LogP contribution is 2.35. The lowest BCUT2D eigenvalue weighted by molar-refractivity contribution is -0.158. The number of rotatable bonds is 2. The Bertz CT molecular complexity index is 489. The molecule has 1 aliphatic rings. The molecule has 2 unspecified atom stereocenters. The number of carbonyl (C=O) groups excluding carboxylic acids is 1. The number of benzene rings is 1. The lowest BCUT2D eigenvalue weighted by Gasteiger charge is -2.21. The summed E-state index contributed by atoms with van der Waals surface area (Å²) in [6.07, 6.45) is -0.222. The Kier molecular flexibility index (Phi) is 3.54. The lowest BCUT2D eigenvalue weighted by Crippen LogP contribution is -2.25. The molecule has 0 saturated carbocycles. The summed E-state index contributed by atoms with van der Waals surface area (Å²) in [7, 11) is 0. The number of hydrogen-bond acceptors (Lipinski definition) is 4. The number of fused-ring (bicyclic) bond motifs is 1. The molecule has 4 heteroatoms. The molecule has 0 bridgehead atoms. The maximum Gasteiger partial charge on any atom is 0.311 e. The first-order valence-corrected chi connectivity index (χ1v) is 6.63. The first kappa shape index (κ1) is 13.9. The standard InChI is InChI=1S/C15H22N2O2/c1-9(16)10-5-6-12-11(7-10)13(8-17-12)19-14(18)15(2,3)4/h5-7,9,13,17H,8,16H2,1-4H3. The van der Waals surface area contributed by atoms with Crippen molar-refractivity contribution in [1.82, 2.24) is 0 Å². The Balaban J connectivity index is 2.21. The van der Waals surface area contributed by atoms with Crippen LogP contribution in [0, 0.1) is 5.41 Å². The monoisotopic (exact) mass is 262 g/mol. The van der Waals surface area contributed by atoms with Crippen LogP contribution in [-0.2, 0) is 9.53 Å². The number of esters is 1. The van der Waals surface area contributed by atoms with Gasteiger partial charge in [0.2, 0.25) is 0 Å². The van der Waals surface area contributed by atoms with Gasteiger partial charge in [-0.2, -0.15) is 0 Å². The molecule has 0 spiro atoms. The number of carbonyl (C=O) groups is 1. The van der Waals surface area contributed by atoms with E-state index < -0.39 is 5.41 Å². The average Bonchev–Trinajstić information content (AvgIpc) is 2.70. The summed E-state index contributed by atoms with van der Waals surface area (Å²) in [5, 5.41) is 3.26. The van der Waals surface area contributed by atoms with Crippen molar-refractivity contribution in [2.45, 2.75) is 39.8 Å². The minimum Gasteiger partial charge on any atom is -0.455 e. The van der Waals surface area contributed by atoms with E-state index in [0.29, 0.717) is 6.54 Å². The molecule has 0 radical (unpaired) electrons. The summed E-state index contributed by atoms with van der Waals surface area (Å²) in [5.74, 6) is -0.182. The van der Waals surface area contributed by atoms with Crippen LogP contribution in [0.2, 0.25) is 0 Å². The molecule has 1 aromatic carbocycles. The fraction of sp³-hybridized carbons (Fsp3) is 0.533. The average molecular weight is 262 g/mol. The van der Waals surface area contributed by atoms with Gasteiger partial charge in [0.1, 0.15) is 6.10 Å². The van der Waals surface area contributed by atoms with Crippen LogP contribution in [0.15, 0.2) is 18.2 Å². The second-order valence-corrected chi connectivity index (χ2v) is 6.16. The zero-order valence-electron chi connectivity index (χ0n) is 12.0. The van der Waals surface area contributed by atoms with Crippen molar-refractivity contribution in [2.24, 2.45) is 11.1 Å². The molecule has 0 fully saturated rings. The quantitative estimate of drug-likeness (QED) is 0.804. The predicted octanol–water partition coefficient (Wildman–Crippen LogP) is 2.76. The number of ether oxygens (including phenoxy) is 1. The second-order valence-electron chi connectivity index (χ2n) is 6.16. The molecule has 1 heterocycles. The number of anilines is 1. The Morgan fingerprint density at radius 1 is 1.47 bits per heavy atom. The summed E-state index contributed by atoms with van der Waals surface area (Å²) in [4.78, 5) is 12.0. The maximum absolute atomic E-state index is 12.0. The van der Waals surface area contributed by atoms with Gasteiger partial charge in [-0.1, -0.05) is 6.07 Å². The zero-order valence-corrected chi connectivity index (χ0v) is 12.0. The molecule has 1 aromatic rings. The van der Waals surface area contributed by atoms with E-state index in [4.69, 9.17) is 10.5 Å². The van der Waals surface area contributed by atoms with Crippen LogP contribution in [0.5, 0.6) is 0 Å². The van der Waals surface area contributed by atoms with E-state index in [0.717, 1.165) is 16.8 Å². The lowest BCUT2D eigenvalue weighted by atomic mass is 9.97. The van der Waals surface area contributed by atoms with Gasteiger partial charge in [-0.25, -0.2) is 0 Å². The summed E-state index contributed by atoms with van der Waals surface area (Å²) in [5.41, 5.74) is 8.51. The van der Waals surface area contributed by atoms with E-state index in [-0.39, 0.29) is 18.1 Å². The first-order chi connectivity index (χ1) is 8.79. The number of nitrogens with one attached hydrogen (secondary N) is 1. The second kappa shape index (κ2) is 4.85. The molecule has 0 saturated heterocycles. The molecule has 3 N–H and O–H groups in total. The molecular formula is C15H22N2O2. The molecule has 1 aliphatic heterocycles. The van der Waals surface area contributed by atoms with Crippen LogP contribution < -0.4 is 11.1 Å². The molecule has 2 rings (SSSR count). The largest absolute Gasteiger partial charge is 0.455 e. The first-order valence-electron chi connectivity index (χ1n) is 6.63. The summed E-state index contributed by atoms with van der Waals surface area (Å²) < 4.78 is 5.59. The minimum atomic E-state index is -0.485. The van der Waals surface area contributed by atoms with E-state index >= 15 is 0 Å².